The van der Waals surface area contributed by atoms with Crippen LogP contribution in [-0.2, 0) is 22.6 Å². The topological polar surface area (TPSA) is 97.2 Å². The Kier molecular flexibility index (Phi) is 4.78. The average Bonchev–Trinajstić information content (AvgIpc) is 3.33. The first kappa shape index (κ1) is 19.4. The smallest absolute Gasteiger partial charge is 0.255 e. The zero-order valence-electron chi connectivity index (χ0n) is 16.4. The van der Waals surface area contributed by atoms with Gasteiger partial charge in [0, 0.05) is 30.0 Å². The van der Waals surface area contributed by atoms with E-state index >= 15 is 0 Å². The second-order valence-corrected chi connectivity index (χ2v) is 8.14. The molecule has 1 fully saturated rings. The standard InChI is InChI=1S/C22H18ClN5O3/c23-15-3-1-2-13(8-15)9-16-12-28(26-25-16)17-4-5-18-14(10-17)11-27(22(18)31)19-6-7-20(29)24-21(19)30/h1-5,8,10,12,19H,6-7,9,11H2,(H,24,29,30). The Morgan fingerprint density at radius 3 is 2.81 bits per heavy atom. The van der Waals surface area contributed by atoms with E-state index in [-0.39, 0.29) is 18.2 Å². The van der Waals surface area contributed by atoms with E-state index in [9.17, 15) is 14.4 Å². The lowest BCUT2D eigenvalue weighted by atomic mass is 10.0. The van der Waals surface area contributed by atoms with Crippen molar-refractivity contribution in [2.45, 2.75) is 31.8 Å². The fourth-order valence-electron chi connectivity index (χ4n) is 4.07. The van der Waals surface area contributed by atoms with Gasteiger partial charge in [0.15, 0.2) is 0 Å². The molecule has 5 rings (SSSR count). The van der Waals surface area contributed by atoms with E-state index in [0.29, 0.717) is 30.0 Å². The number of imide groups is 1. The van der Waals surface area contributed by atoms with Crippen molar-refractivity contribution < 1.29 is 14.4 Å². The van der Waals surface area contributed by atoms with Crippen LogP contribution in [-0.4, -0.2) is 43.7 Å². The molecule has 0 bridgehead atoms. The van der Waals surface area contributed by atoms with Gasteiger partial charge in [-0.1, -0.05) is 28.9 Å². The second kappa shape index (κ2) is 7.63. The zero-order chi connectivity index (χ0) is 21.5. The van der Waals surface area contributed by atoms with E-state index in [2.05, 4.69) is 15.6 Å². The molecule has 0 radical (unpaired) electrons. The maximum atomic E-state index is 12.8. The number of benzene rings is 2. The molecule has 2 aromatic carbocycles. The maximum Gasteiger partial charge on any atom is 0.255 e. The predicted octanol–water partition coefficient (Wildman–Crippen LogP) is 2.27. The molecule has 0 aliphatic carbocycles. The van der Waals surface area contributed by atoms with Gasteiger partial charge < -0.3 is 4.90 Å². The highest BCUT2D eigenvalue weighted by Crippen LogP contribution is 2.29. The molecule has 1 aromatic heterocycles. The van der Waals surface area contributed by atoms with Crippen molar-refractivity contribution in [3.05, 3.63) is 76.1 Å². The summed E-state index contributed by atoms with van der Waals surface area (Å²) in [6.07, 6.45) is 3.02. The van der Waals surface area contributed by atoms with Crippen molar-refractivity contribution in [2.75, 3.05) is 0 Å². The normalized spacial score (nSPS) is 18.3. The lowest BCUT2D eigenvalue weighted by Gasteiger charge is -2.29. The van der Waals surface area contributed by atoms with Gasteiger partial charge in [-0.05, 0) is 47.9 Å². The molecular formula is C22H18ClN5O3. The molecule has 3 heterocycles. The van der Waals surface area contributed by atoms with E-state index in [1.165, 1.54) is 4.90 Å². The first-order valence-electron chi connectivity index (χ1n) is 9.91. The Morgan fingerprint density at radius 2 is 2.00 bits per heavy atom. The van der Waals surface area contributed by atoms with Crippen molar-refractivity contribution >= 4 is 29.3 Å². The SMILES string of the molecule is O=C1CCC(N2Cc3cc(-n4cc(Cc5cccc(Cl)c5)nn4)ccc3C2=O)C(=O)N1. The van der Waals surface area contributed by atoms with Gasteiger partial charge in [0.2, 0.25) is 11.8 Å². The number of rotatable bonds is 4. The number of hydrogen-bond acceptors (Lipinski definition) is 5. The molecular weight excluding hydrogens is 418 g/mol. The van der Waals surface area contributed by atoms with E-state index in [1.807, 2.05) is 42.6 Å². The van der Waals surface area contributed by atoms with Gasteiger partial charge in [-0.15, -0.1) is 5.10 Å². The summed E-state index contributed by atoms with van der Waals surface area (Å²) < 4.78 is 1.67. The predicted molar refractivity (Wildman–Crippen MR) is 112 cm³/mol. The van der Waals surface area contributed by atoms with Crippen LogP contribution in [0.3, 0.4) is 0 Å². The summed E-state index contributed by atoms with van der Waals surface area (Å²) in [6, 6.07) is 12.4. The second-order valence-electron chi connectivity index (χ2n) is 7.70. The number of nitrogens with one attached hydrogen (secondary N) is 1. The van der Waals surface area contributed by atoms with Crippen LogP contribution in [0.4, 0.5) is 0 Å². The van der Waals surface area contributed by atoms with Crippen molar-refractivity contribution in [1.82, 2.24) is 25.2 Å². The number of nitrogens with zero attached hydrogens (tertiary/aromatic N) is 4. The van der Waals surface area contributed by atoms with Crippen LogP contribution in [0.15, 0.2) is 48.7 Å². The third kappa shape index (κ3) is 3.70. The Balaban J connectivity index is 1.35. The van der Waals surface area contributed by atoms with Crippen LogP contribution in [0.1, 0.15) is 40.0 Å². The van der Waals surface area contributed by atoms with Crippen molar-refractivity contribution in [1.29, 1.82) is 0 Å². The fourth-order valence-corrected chi connectivity index (χ4v) is 4.28. The molecule has 9 heteroatoms. The fraction of sp³-hybridized carbons (Fsp3) is 0.227. The molecule has 0 saturated carbocycles. The molecule has 8 nitrogen and oxygen atoms in total. The molecule has 31 heavy (non-hydrogen) atoms. The van der Waals surface area contributed by atoms with Crippen molar-refractivity contribution in [3.63, 3.8) is 0 Å². The summed E-state index contributed by atoms with van der Waals surface area (Å²) in [5, 5.41) is 11.4. The minimum absolute atomic E-state index is 0.198. The highest BCUT2D eigenvalue weighted by atomic mass is 35.5. The van der Waals surface area contributed by atoms with E-state index in [4.69, 9.17) is 11.6 Å². The van der Waals surface area contributed by atoms with E-state index in [0.717, 1.165) is 22.5 Å². The molecule has 1 saturated heterocycles. The molecule has 156 valence electrons. The quantitative estimate of drug-likeness (QED) is 0.634. The summed E-state index contributed by atoms with van der Waals surface area (Å²) in [5.74, 6) is -0.914. The third-order valence-electron chi connectivity index (χ3n) is 5.59. The monoisotopic (exact) mass is 435 g/mol. The third-order valence-corrected chi connectivity index (χ3v) is 5.82. The highest BCUT2D eigenvalue weighted by molar-refractivity contribution is 6.30. The number of aromatic nitrogens is 3. The first-order valence-corrected chi connectivity index (χ1v) is 10.3. The highest BCUT2D eigenvalue weighted by Gasteiger charge is 2.39. The molecule has 2 aliphatic rings. The maximum absolute atomic E-state index is 12.8. The molecule has 1 unspecified atom stereocenters. The average molecular weight is 436 g/mol. The minimum atomic E-state index is -0.628. The Morgan fingerprint density at radius 1 is 1.13 bits per heavy atom. The van der Waals surface area contributed by atoms with Crippen molar-refractivity contribution in [3.8, 4) is 5.69 Å². The zero-order valence-corrected chi connectivity index (χ0v) is 17.2. The number of amides is 3. The summed E-state index contributed by atoms with van der Waals surface area (Å²) in [4.78, 5) is 38.0. The summed E-state index contributed by atoms with van der Waals surface area (Å²) >= 11 is 6.05. The van der Waals surface area contributed by atoms with Crippen LogP contribution in [0.5, 0.6) is 0 Å². The summed E-state index contributed by atoms with van der Waals surface area (Å²) in [6.45, 7) is 0.318. The Labute approximate surface area is 182 Å². The number of carbonyl (C=O) groups is 3. The van der Waals surface area contributed by atoms with E-state index in [1.54, 1.807) is 10.7 Å². The largest absolute Gasteiger partial charge is 0.322 e. The van der Waals surface area contributed by atoms with Gasteiger partial charge in [-0.2, -0.15) is 0 Å². The number of fused-ring (bicyclic) bond motifs is 1. The van der Waals surface area contributed by atoms with Gasteiger partial charge in [0.05, 0.1) is 17.6 Å². The minimum Gasteiger partial charge on any atom is -0.322 e. The summed E-state index contributed by atoms with van der Waals surface area (Å²) in [7, 11) is 0. The van der Waals surface area contributed by atoms with Gasteiger partial charge >= 0.3 is 0 Å². The molecule has 3 aromatic rings. The number of piperidine rings is 1. The lowest BCUT2D eigenvalue weighted by molar-refractivity contribution is -0.136. The van der Waals surface area contributed by atoms with Gasteiger partial charge in [0.1, 0.15) is 6.04 Å². The van der Waals surface area contributed by atoms with Crippen LogP contribution in [0.25, 0.3) is 5.69 Å². The van der Waals surface area contributed by atoms with Gasteiger partial charge in [0.25, 0.3) is 5.91 Å². The number of carbonyl (C=O) groups excluding carboxylic acids is 3. The van der Waals surface area contributed by atoms with Crippen molar-refractivity contribution in [2.24, 2.45) is 0 Å². The van der Waals surface area contributed by atoms with Gasteiger partial charge in [-0.3, -0.25) is 19.7 Å². The number of halogens is 1. The molecule has 0 spiro atoms. The molecule has 3 amide bonds. The number of hydrogen-bond donors (Lipinski definition) is 1. The lowest BCUT2D eigenvalue weighted by Crippen LogP contribution is -2.52. The van der Waals surface area contributed by atoms with Crippen LogP contribution in [0.2, 0.25) is 5.02 Å². The molecule has 1 atom stereocenters. The summed E-state index contributed by atoms with van der Waals surface area (Å²) in [5.41, 5.74) is 4.00. The molecule has 1 N–H and O–H groups in total. The van der Waals surface area contributed by atoms with Gasteiger partial charge in [-0.25, -0.2) is 4.68 Å². The van der Waals surface area contributed by atoms with Crippen LogP contribution < -0.4 is 5.32 Å². The molecule has 2 aliphatic heterocycles. The van der Waals surface area contributed by atoms with Crippen LogP contribution in [0, 0.1) is 0 Å². The Bertz CT molecular complexity index is 1220. The first-order chi connectivity index (χ1) is 15.0. The van der Waals surface area contributed by atoms with E-state index < -0.39 is 11.9 Å². The van der Waals surface area contributed by atoms with Crippen LogP contribution >= 0.6 is 11.6 Å². The Hall–Kier alpha value is -3.52.